The zero-order valence-corrected chi connectivity index (χ0v) is 10.7. The van der Waals surface area contributed by atoms with Gasteiger partial charge in [0.25, 0.3) is 0 Å². The molecule has 1 rings (SSSR count). The van der Waals surface area contributed by atoms with Crippen molar-refractivity contribution in [3.63, 3.8) is 0 Å². The van der Waals surface area contributed by atoms with Crippen LogP contribution >= 0.6 is 0 Å². The van der Waals surface area contributed by atoms with E-state index in [2.05, 4.69) is 13.8 Å². The third kappa shape index (κ3) is 1.74. The molecule has 0 aromatic carbocycles. The van der Waals surface area contributed by atoms with Crippen LogP contribution in [0.25, 0.3) is 0 Å². The van der Waals surface area contributed by atoms with E-state index in [1.165, 1.54) is 38.5 Å². The Labute approximate surface area is 79.4 Å². The second-order valence-electron chi connectivity index (χ2n) is 3.96. The molecule has 0 aromatic heterocycles. The lowest BCUT2D eigenvalue weighted by Gasteiger charge is -2.37. The molecule has 72 valence electrons. The summed E-state index contributed by atoms with van der Waals surface area (Å²) in [6.45, 7) is 4.56. The lowest BCUT2D eigenvalue weighted by molar-refractivity contribution is 0.00994. The Morgan fingerprint density at radius 3 is 2.08 bits per heavy atom. The van der Waals surface area contributed by atoms with Gasteiger partial charge in [0.2, 0.25) is 0 Å². The molecule has 1 aliphatic carbocycles. The number of hydrogen-bond acceptors (Lipinski definition) is 1. The third-order valence-corrected chi connectivity index (χ3v) is 4.52. The van der Waals surface area contributed by atoms with Gasteiger partial charge >= 0.3 is 0 Å². The quantitative estimate of drug-likeness (QED) is 0.611. The van der Waals surface area contributed by atoms with Crippen LogP contribution in [0.1, 0.15) is 52.4 Å². The van der Waals surface area contributed by atoms with Crippen molar-refractivity contribution in [2.24, 2.45) is 5.92 Å². The molecule has 0 unspecified atom stereocenters. The second kappa shape index (κ2) is 4.42. The minimum atomic E-state index is 0.267. The Balaban J connectivity index is 2.61. The Morgan fingerprint density at radius 1 is 1.25 bits per heavy atom. The lowest BCUT2D eigenvalue weighted by atomic mass is 9.82. The molecule has 0 radical (unpaired) electrons. The van der Waals surface area contributed by atoms with Gasteiger partial charge in [0.15, 0.2) is 0 Å². The van der Waals surface area contributed by atoms with Gasteiger partial charge in [0, 0.05) is 0 Å². The average Bonchev–Trinajstić information content (AvgIpc) is 2.62. The molecule has 0 aliphatic heterocycles. The highest BCUT2D eigenvalue weighted by Crippen LogP contribution is 2.39. The molecule has 1 fully saturated rings. The molecule has 0 amide bonds. The predicted octanol–water partition coefficient (Wildman–Crippen LogP) is 2.03. The SMILES string of the molecule is CCC(CC)(O[SiH3])C1CCCC1. The summed E-state index contributed by atoms with van der Waals surface area (Å²) in [5.41, 5.74) is 0.267. The van der Waals surface area contributed by atoms with Crippen molar-refractivity contribution in [3.8, 4) is 0 Å². The van der Waals surface area contributed by atoms with Gasteiger partial charge in [0.1, 0.15) is 10.5 Å². The van der Waals surface area contributed by atoms with Crippen LogP contribution in [-0.4, -0.2) is 16.1 Å². The molecule has 1 saturated carbocycles. The summed E-state index contributed by atoms with van der Waals surface area (Å²) in [4.78, 5) is 0. The van der Waals surface area contributed by atoms with Crippen LogP contribution in [-0.2, 0) is 4.43 Å². The first kappa shape index (κ1) is 10.3. The summed E-state index contributed by atoms with van der Waals surface area (Å²) < 4.78 is 5.86. The van der Waals surface area contributed by atoms with Crippen molar-refractivity contribution in [1.29, 1.82) is 0 Å². The van der Waals surface area contributed by atoms with Gasteiger partial charge < -0.3 is 4.43 Å². The molecule has 0 spiro atoms. The highest BCUT2D eigenvalue weighted by atomic mass is 28.2. The zero-order chi connectivity index (χ0) is 9.03. The summed E-state index contributed by atoms with van der Waals surface area (Å²) in [5.74, 6) is 0.866. The third-order valence-electron chi connectivity index (χ3n) is 3.70. The molecule has 0 heterocycles. The molecular formula is C10H22OSi. The normalized spacial score (nSPS) is 20.5. The van der Waals surface area contributed by atoms with E-state index in [1.807, 2.05) is 0 Å². The van der Waals surface area contributed by atoms with Gasteiger partial charge in [-0.3, -0.25) is 0 Å². The van der Waals surface area contributed by atoms with E-state index < -0.39 is 0 Å². The highest BCUT2D eigenvalue weighted by molar-refractivity contribution is 5.98. The summed E-state index contributed by atoms with van der Waals surface area (Å²) in [6, 6.07) is 0. The van der Waals surface area contributed by atoms with E-state index in [4.69, 9.17) is 4.43 Å². The van der Waals surface area contributed by atoms with Crippen molar-refractivity contribution < 1.29 is 4.43 Å². The largest absolute Gasteiger partial charge is 0.422 e. The van der Waals surface area contributed by atoms with Crippen molar-refractivity contribution >= 4 is 10.5 Å². The smallest absolute Gasteiger partial charge is 0.146 e. The molecule has 0 saturated heterocycles. The summed E-state index contributed by atoms with van der Waals surface area (Å²) >= 11 is 0. The van der Waals surface area contributed by atoms with Gasteiger partial charge in [-0.25, -0.2) is 0 Å². The monoisotopic (exact) mass is 186 g/mol. The zero-order valence-electron chi connectivity index (χ0n) is 8.73. The fourth-order valence-corrected chi connectivity index (χ4v) is 3.65. The van der Waals surface area contributed by atoms with Crippen LogP contribution in [0.5, 0.6) is 0 Å². The maximum atomic E-state index is 5.86. The van der Waals surface area contributed by atoms with E-state index >= 15 is 0 Å². The van der Waals surface area contributed by atoms with Gasteiger partial charge in [-0.1, -0.05) is 26.7 Å². The minimum absolute atomic E-state index is 0.267. The van der Waals surface area contributed by atoms with Crippen molar-refractivity contribution in [3.05, 3.63) is 0 Å². The molecule has 0 N–H and O–H groups in total. The maximum Gasteiger partial charge on any atom is 0.146 e. The van der Waals surface area contributed by atoms with Crippen LogP contribution in [0, 0.1) is 5.92 Å². The molecule has 0 aromatic rings. The van der Waals surface area contributed by atoms with E-state index in [-0.39, 0.29) is 5.60 Å². The average molecular weight is 186 g/mol. The second-order valence-corrected chi connectivity index (χ2v) is 4.37. The van der Waals surface area contributed by atoms with Gasteiger partial charge in [-0.05, 0) is 31.6 Å². The Hall–Kier alpha value is 0.177. The maximum absolute atomic E-state index is 5.86. The van der Waals surface area contributed by atoms with Crippen molar-refractivity contribution in [2.45, 2.75) is 58.0 Å². The molecule has 12 heavy (non-hydrogen) atoms. The standard InChI is InChI=1S/C10H22OSi/c1-3-10(4-2,11-12)9-7-5-6-8-9/h9H,3-8H2,1-2,12H3. The molecule has 1 nitrogen and oxygen atoms in total. The summed E-state index contributed by atoms with van der Waals surface area (Å²) in [5, 5.41) is 0. The highest BCUT2D eigenvalue weighted by Gasteiger charge is 2.36. The first-order valence-electron chi connectivity index (χ1n) is 5.34. The fraction of sp³-hybridized carbons (Fsp3) is 1.00. The van der Waals surface area contributed by atoms with Gasteiger partial charge in [-0.2, -0.15) is 0 Å². The first-order valence-corrected chi connectivity index (χ1v) is 6.16. The first-order chi connectivity index (χ1) is 5.79. The van der Waals surface area contributed by atoms with Crippen LogP contribution < -0.4 is 0 Å². The topological polar surface area (TPSA) is 9.23 Å². The number of rotatable bonds is 4. The van der Waals surface area contributed by atoms with Crippen LogP contribution in [0.4, 0.5) is 0 Å². The van der Waals surface area contributed by atoms with E-state index in [9.17, 15) is 0 Å². The number of hydrogen-bond donors (Lipinski definition) is 0. The van der Waals surface area contributed by atoms with Gasteiger partial charge in [0.05, 0.1) is 5.60 Å². The summed E-state index contributed by atoms with van der Waals surface area (Å²) in [7, 11) is 0.900. The van der Waals surface area contributed by atoms with Crippen molar-refractivity contribution in [2.75, 3.05) is 0 Å². The van der Waals surface area contributed by atoms with Gasteiger partial charge in [-0.15, -0.1) is 0 Å². The van der Waals surface area contributed by atoms with Crippen LogP contribution in [0.2, 0.25) is 0 Å². The Bertz CT molecular complexity index is 118. The molecule has 2 heteroatoms. The summed E-state index contributed by atoms with van der Waals surface area (Å²) in [6.07, 6.45) is 8.08. The molecule has 1 aliphatic rings. The van der Waals surface area contributed by atoms with Crippen molar-refractivity contribution in [1.82, 2.24) is 0 Å². The molecule has 0 bridgehead atoms. The molecule has 0 atom stereocenters. The Kier molecular flexibility index (Phi) is 3.78. The minimum Gasteiger partial charge on any atom is -0.422 e. The van der Waals surface area contributed by atoms with Crippen LogP contribution in [0.15, 0.2) is 0 Å². The molecular weight excluding hydrogens is 164 g/mol. The predicted molar refractivity (Wildman–Crippen MR) is 56.3 cm³/mol. The fourth-order valence-electron chi connectivity index (χ4n) is 2.73. The Morgan fingerprint density at radius 2 is 1.75 bits per heavy atom. The van der Waals surface area contributed by atoms with E-state index in [1.54, 1.807) is 0 Å². The van der Waals surface area contributed by atoms with E-state index in [0.29, 0.717) is 0 Å². The lowest BCUT2D eigenvalue weighted by Crippen LogP contribution is -2.37. The van der Waals surface area contributed by atoms with Crippen LogP contribution in [0.3, 0.4) is 0 Å². The van der Waals surface area contributed by atoms with E-state index in [0.717, 1.165) is 16.4 Å².